The normalized spacial score (nSPS) is 10.5. The first-order valence-electron chi connectivity index (χ1n) is 6.80. The molecule has 0 saturated heterocycles. The molecule has 3 rings (SSSR count). The molecule has 0 saturated carbocycles. The summed E-state index contributed by atoms with van der Waals surface area (Å²) in [7, 11) is 0. The summed E-state index contributed by atoms with van der Waals surface area (Å²) in [5, 5.41) is 8.58. The Hall–Kier alpha value is -3.36. The van der Waals surface area contributed by atoms with Crippen molar-refractivity contribution in [2.75, 3.05) is 10.6 Å². The second kappa shape index (κ2) is 6.41. The molecular formula is C15H11F2N5O2. The summed E-state index contributed by atoms with van der Waals surface area (Å²) in [4.78, 5) is 19.8. The minimum Gasteiger partial charge on any atom is -0.360 e. The van der Waals surface area contributed by atoms with E-state index in [0.29, 0.717) is 5.76 Å². The van der Waals surface area contributed by atoms with Crippen LogP contribution in [0.5, 0.6) is 0 Å². The van der Waals surface area contributed by atoms with E-state index in [4.69, 9.17) is 4.52 Å². The Balaban J connectivity index is 1.72. The highest BCUT2D eigenvalue weighted by atomic mass is 19.1. The number of aromatic nitrogens is 3. The molecule has 1 amide bonds. The Labute approximate surface area is 134 Å². The molecule has 1 aromatic carbocycles. The zero-order valence-corrected chi connectivity index (χ0v) is 12.4. The van der Waals surface area contributed by atoms with Gasteiger partial charge in [-0.1, -0.05) is 11.2 Å². The summed E-state index contributed by atoms with van der Waals surface area (Å²) in [5.74, 6) is -1.19. The predicted molar refractivity (Wildman–Crippen MR) is 80.9 cm³/mol. The summed E-state index contributed by atoms with van der Waals surface area (Å²) < 4.78 is 31.9. The van der Waals surface area contributed by atoms with Gasteiger partial charge in [0.15, 0.2) is 5.82 Å². The van der Waals surface area contributed by atoms with Gasteiger partial charge < -0.3 is 15.2 Å². The molecule has 0 aliphatic rings. The number of carbonyl (C=O) groups is 1. The second-order valence-electron chi connectivity index (χ2n) is 4.79. The average molecular weight is 331 g/mol. The molecule has 0 aliphatic carbocycles. The first kappa shape index (κ1) is 15.5. The Morgan fingerprint density at radius 2 is 1.88 bits per heavy atom. The van der Waals surface area contributed by atoms with Crippen LogP contribution in [0.4, 0.5) is 26.1 Å². The number of aryl methyl sites for hydroxylation is 1. The highest BCUT2D eigenvalue weighted by molar-refractivity contribution is 6.02. The summed E-state index contributed by atoms with van der Waals surface area (Å²) in [5.41, 5.74) is -0.336. The third-order valence-electron chi connectivity index (χ3n) is 2.97. The van der Waals surface area contributed by atoms with Crippen molar-refractivity contribution in [1.29, 1.82) is 0 Å². The van der Waals surface area contributed by atoms with E-state index in [0.717, 1.165) is 12.1 Å². The van der Waals surface area contributed by atoms with Gasteiger partial charge in [0.2, 0.25) is 0 Å². The SMILES string of the molecule is Cc1cc(NC(=O)c2cnc(Nc3c(F)cccc3F)cn2)no1. The van der Waals surface area contributed by atoms with E-state index < -0.39 is 17.5 Å². The summed E-state index contributed by atoms with van der Waals surface area (Å²) in [6, 6.07) is 5.02. The minimum atomic E-state index is -0.764. The molecule has 0 radical (unpaired) electrons. The number of amides is 1. The van der Waals surface area contributed by atoms with Crippen LogP contribution in [0.15, 0.2) is 41.2 Å². The lowest BCUT2D eigenvalue weighted by molar-refractivity contribution is 0.102. The van der Waals surface area contributed by atoms with Gasteiger partial charge in [-0.25, -0.2) is 18.7 Å². The van der Waals surface area contributed by atoms with Gasteiger partial charge in [0.1, 0.15) is 34.6 Å². The monoisotopic (exact) mass is 331 g/mol. The molecule has 0 atom stereocenters. The van der Waals surface area contributed by atoms with E-state index in [1.807, 2.05) is 0 Å². The standard InChI is InChI=1S/C15H11F2N5O2/c1-8-5-12(22-24-8)21-15(23)11-6-19-13(7-18-11)20-14-9(16)3-2-4-10(14)17/h2-7H,1H3,(H,19,20)(H,21,22,23). The maximum Gasteiger partial charge on any atom is 0.277 e. The first-order valence-corrected chi connectivity index (χ1v) is 6.80. The zero-order valence-electron chi connectivity index (χ0n) is 12.4. The van der Waals surface area contributed by atoms with Crippen LogP contribution in [0.2, 0.25) is 0 Å². The van der Waals surface area contributed by atoms with Crippen LogP contribution in [-0.2, 0) is 0 Å². The molecule has 2 N–H and O–H groups in total. The van der Waals surface area contributed by atoms with Crippen LogP contribution in [0.3, 0.4) is 0 Å². The van der Waals surface area contributed by atoms with Crippen LogP contribution in [0, 0.1) is 18.6 Å². The molecule has 0 spiro atoms. The molecule has 9 heteroatoms. The van der Waals surface area contributed by atoms with Crippen molar-refractivity contribution in [3.05, 3.63) is 59.7 Å². The molecule has 122 valence electrons. The Bertz CT molecular complexity index is 860. The van der Waals surface area contributed by atoms with Gasteiger partial charge in [0, 0.05) is 6.07 Å². The van der Waals surface area contributed by atoms with Crippen molar-refractivity contribution in [2.45, 2.75) is 6.92 Å². The number of benzene rings is 1. The number of nitrogens with one attached hydrogen (secondary N) is 2. The van der Waals surface area contributed by atoms with E-state index in [9.17, 15) is 13.6 Å². The average Bonchev–Trinajstić information content (AvgIpc) is 2.96. The van der Waals surface area contributed by atoms with Crippen LogP contribution in [0.25, 0.3) is 0 Å². The lowest BCUT2D eigenvalue weighted by Gasteiger charge is -2.07. The number of rotatable bonds is 4. The van der Waals surface area contributed by atoms with Crippen molar-refractivity contribution < 1.29 is 18.1 Å². The van der Waals surface area contributed by atoms with Gasteiger partial charge in [-0.05, 0) is 19.1 Å². The van der Waals surface area contributed by atoms with E-state index in [1.165, 1.54) is 18.5 Å². The predicted octanol–water partition coefficient (Wildman–Crippen LogP) is 3.05. The number of carbonyl (C=O) groups excluding carboxylic acids is 1. The van der Waals surface area contributed by atoms with Crippen LogP contribution in [0.1, 0.15) is 16.2 Å². The van der Waals surface area contributed by atoms with E-state index in [-0.39, 0.29) is 23.0 Å². The van der Waals surface area contributed by atoms with E-state index in [2.05, 4.69) is 25.8 Å². The van der Waals surface area contributed by atoms with Crippen molar-refractivity contribution in [2.24, 2.45) is 0 Å². The highest BCUT2D eigenvalue weighted by Gasteiger charge is 2.13. The van der Waals surface area contributed by atoms with E-state index in [1.54, 1.807) is 13.0 Å². The van der Waals surface area contributed by atoms with Gasteiger partial charge >= 0.3 is 0 Å². The molecule has 7 nitrogen and oxygen atoms in total. The van der Waals surface area contributed by atoms with E-state index >= 15 is 0 Å². The fraction of sp³-hybridized carbons (Fsp3) is 0.0667. The zero-order chi connectivity index (χ0) is 17.1. The summed E-state index contributed by atoms with van der Waals surface area (Å²) in [6.45, 7) is 1.69. The van der Waals surface area contributed by atoms with Crippen LogP contribution < -0.4 is 10.6 Å². The fourth-order valence-corrected chi connectivity index (χ4v) is 1.86. The quantitative estimate of drug-likeness (QED) is 0.763. The topological polar surface area (TPSA) is 92.9 Å². The molecule has 3 aromatic rings. The third kappa shape index (κ3) is 3.35. The number of para-hydroxylation sites is 1. The lowest BCUT2D eigenvalue weighted by Crippen LogP contribution is -2.14. The highest BCUT2D eigenvalue weighted by Crippen LogP contribution is 2.21. The van der Waals surface area contributed by atoms with Crippen molar-refractivity contribution in [1.82, 2.24) is 15.1 Å². The van der Waals surface area contributed by atoms with Gasteiger partial charge in [-0.15, -0.1) is 0 Å². The summed E-state index contributed by atoms with van der Waals surface area (Å²) in [6.07, 6.45) is 2.36. The maximum atomic E-state index is 13.6. The Morgan fingerprint density at radius 3 is 2.46 bits per heavy atom. The number of hydrogen-bond donors (Lipinski definition) is 2. The smallest absolute Gasteiger partial charge is 0.277 e. The van der Waals surface area contributed by atoms with Gasteiger partial charge in [-0.3, -0.25) is 4.79 Å². The number of anilines is 3. The Morgan fingerprint density at radius 1 is 1.12 bits per heavy atom. The molecule has 0 unspecified atom stereocenters. The second-order valence-corrected chi connectivity index (χ2v) is 4.79. The van der Waals surface area contributed by atoms with Gasteiger partial charge in [0.05, 0.1) is 12.4 Å². The maximum absolute atomic E-state index is 13.6. The lowest BCUT2D eigenvalue weighted by atomic mass is 10.3. The van der Waals surface area contributed by atoms with Crippen LogP contribution >= 0.6 is 0 Å². The molecule has 2 aromatic heterocycles. The summed E-state index contributed by atoms with van der Waals surface area (Å²) >= 11 is 0. The van der Waals surface area contributed by atoms with Crippen molar-refractivity contribution in [3.8, 4) is 0 Å². The fourth-order valence-electron chi connectivity index (χ4n) is 1.86. The third-order valence-corrected chi connectivity index (χ3v) is 2.97. The van der Waals surface area contributed by atoms with Crippen LogP contribution in [-0.4, -0.2) is 21.0 Å². The number of nitrogens with zero attached hydrogens (tertiary/aromatic N) is 3. The minimum absolute atomic E-state index is 0.00945. The molecule has 0 bridgehead atoms. The van der Waals surface area contributed by atoms with Crippen molar-refractivity contribution in [3.63, 3.8) is 0 Å². The molecule has 2 heterocycles. The number of halogens is 2. The molecule has 0 fully saturated rings. The molecule has 0 aliphatic heterocycles. The number of hydrogen-bond acceptors (Lipinski definition) is 6. The van der Waals surface area contributed by atoms with Gasteiger partial charge in [0.25, 0.3) is 5.91 Å². The van der Waals surface area contributed by atoms with Gasteiger partial charge in [-0.2, -0.15) is 0 Å². The largest absolute Gasteiger partial charge is 0.360 e. The first-order chi connectivity index (χ1) is 11.5. The Kier molecular flexibility index (Phi) is 4.15. The van der Waals surface area contributed by atoms with Crippen molar-refractivity contribution >= 4 is 23.2 Å². The molecule has 24 heavy (non-hydrogen) atoms. The molecular weight excluding hydrogens is 320 g/mol.